The third-order valence-corrected chi connectivity index (χ3v) is 4.34. The van der Waals surface area contributed by atoms with E-state index >= 15 is 0 Å². The Kier molecular flexibility index (Phi) is 4.74. The normalized spacial score (nSPS) is 10.7. The molecule has 0 spiro atoms. The minimum absolute atomic E-state index is 0.0687. The van der Waals surface area contributed by atoms with Crippen molar-refractivity contribution in [1.29, 1.82) is 0 Å². The topological polar surface area (TPSA) is 95.6 Å². The summed E-state index contributed by atoms with van der Waals surface area (Å²) in [6.45, 7) is 0. The SMILES string of the molecule is COc1cc(OC)cc(-c2nc3ccccc3c(=O)n2NC(=O)c2ccco2)c1. The summed E-state index contributed by atoms with van der Waals surface area (Å²) in [5, 5.41) is 0.367. The quantitative estimate of drug-likeness (QED) is 0.562. The molecule has 0 radical (unpaired) electrons. The lowest BCUT2D eigenvalue weighted by Gasteiger charge is -2.15. The first kappa shape index (κ1) is 18.3. The van der Waals surface area contributed by atoms with Crippen LogP contribution in [0.2, 0.25) is 0 Å². The summed E-state index contributed by atoms with van der Waals surface area (Å²) in [6, 6.07) is 15.1. The Balaban J connectivity index is 1.95. The van der Waals surface area contributed by atoms with Crippen molar-refractivity contribution in [3.8, 4) is 22.9 Å². The van der Waals surface area contributed by atoms with Crippen molar-refractivity contribution in [3.63, 3.8) is 0 Å². The van der Waals surface area contributed by atoms with Crippen molar-refractivity contribution in [2.75, 3.05) is 19.6 Å². The molecule has 0 saturated carbocycles. The maximum Gasteiger partial charge on any atom is 0.305 e. The Morgan fingerprint density at radius 3 is 2.41 bits per heavy atom. The number of methoxy groups -OCH3 is 2. The zero-order chi connectivity index (χ0) is 20.4. The summed E-state index contributed by atoms with van der Waals surface area (Å²) in [7, 11) is 3.05. The van der Waals surface area contributed by atoms with Gasteiger partial charge in [0.2, 0.25) is 0 Å². The number of hydrogen-bond acceptors (Lipinski definition) is 6. The largest absolute Gasteiger partial charge is 0.497 e. The van der Waals surface area contributed by atoms with Crippen molar-refractivity contribution in [2.45, 2.75) is 0 Å². The van der Waals surface area contributed by atoms with Crippen LogP contribution in [0.1, 0.15) is 10.6 Å². The van der Waals surface area contributed by atoms with E-state index < -0.39 is 11.5 Å². The molecule has 146 valence electrons. The molecular weight excluding hydrogens is 374 g/mol. The molecule has 8 nitrogen and oxygen atoms in total. The van der Waals surface area contributed by atoms with Crippen molar-refractivity contribution < 1.29 is 18.7 Å². The van der Waals surface area contributed by atoms with Gasteiger partial charge < -0.3 is 13.9 Å². The maximum atomic E-state index is 13.2. The minimum atomic E-state index is -0.578. The summed E-state index contributed by atoms with van der Waals surface area (Å²) >= 11 is 0. The monoisotopic (exact) mass is 391 g/mol. The molecular formula is C21H17N3O5. The van der Waals surface area contributed by atoms with E-state index in [1.54, 1.807) is 48.5 Å². The maximum absolute atomic E-state index is 13.2. The third kappa shape index (κ3) is 3.43. The van der Waals surface area contributed by atoms with Gasteiger partial charge in [0.1, 0.15) is 11.5 Å². The summed E-state index contributed by atoms with van der Waals surface area (Å²) in [5.74, 6) is 0.756. The van der Waals surface area contributed by atoms with E-state index in [1.165, 1.54) is 26.5 Å². The second kappa shape index (κ2) is 7.51. The molecule has 2 heterocycles. The lowest BCUT2D eigenvalue weighted by atomic mass is 10.1. The fraction of sp³-hybridized carbons (Fsp3) is 0.0952. The van der Waals surface area contributed by atoms with Crippen LogP contribution in [-0.2, 0) is 0 Å². The second-order valence-electron chi connectivity index (χ2n) is 6.11. The Morgan fingerprint density at radius 1 is 1.03 bits per heavy atom. The van der Waals surface area contributed by atoms with E-state index in [4.69, 9.17) is 13.9 Å². The number of ether oxygens (including phenoxy) is 2. The predicted molar refractivity (Wildman–Crippen MR) is 107 cm³/mol. The van der Waals surface area contributed by atoms with Crippen LogP contribution >= 0.6 is 0 Å². The van der Waals surface area contributed by atoms with Crippen molar-refractivity contribution in [1.82, 2.24) is 9.66 Å². The smallest absolute Gasteiger partial charge is 0.305 e. The van der Waals surface area contributed by atoms with Crippen LogP contribution < -0.4 is 20.5 Å². The number of aromatic nitrogens is 2. The summed E-state index contributed by atoms with van der Waals surface area (Å²) in [4.78, 5) is 30.3. The van der Waals surface area contributed by atoms with Crippen LogP contribution in [0.4, 0.5) is 0 Å². The van der Waals surface area contributed by atoms with Gasteiger partial charge >= 0.3 is 5.91 Å². The van der Waals surface area contributed by atoms with E-state index in [-0.39, 0.29) is 11.6 Å². The van der Waals surface area contributed by atoms with Gasteiger partial charge in [0, 0.05) is 11.6 Å². The van der Waals surface area contributed by atoms with E-state index in [0.29, 0.717) is 28.0 Å². The van der Waals surface area contributed by atoms with E-state index in [1.807, 2.05) is 0 Å². The molecule has 2 aromatic heterocycles. The van der Waals surface area contributed by atoms with Crippen LogP contribution in [0.5, 0.6) is 11.5 Å². The molecule has 29 heavy (non-hydrogen) atoms. The van der Waals surface area contributed by atoms with Crippen molar-refractivity contribution >= 4 is 16.8 Å². The Bertz CT molecular complexity index is 1220. The average Bonchev–Trinajstić information content (AvgIpc) is 3.30. The van der Waals surface area contributed by atoms with Gasteiger partial charge in [-0.3, -0.25) is 15.0 Å². The number of carbonyl (C=O) groups is 1. The van der Waals surface area contributed by atoms with E-state index in [9.17, 15) is 9.59 Å². The van der Waals surface area contributed by atoms with E-state index in [2.05, 4.69) is 10.4 Å². The van der Waals surface area contributed by atoms with Crippen LogP contribution in [-0.4, -0.2) is 29.8 Å². The molecule has 0 aliphatic rings. The van der Waals surface area contributed by atoms with Gasteiger partial charge in [-0.15, -0.1) is 0 Å². The Labute approximate surface area is 165 Å². The molecule has 0 atom stereocenters. The molecule has 0 saturated heterocycles. The predicted octanol–water partition coefficient (Wildman–Crippen LogP) is 3.06. The Morgan fingerprint density at radius 2 is 1.76 bits per heavy atom. The molecule has 4 rings (SSSR count). The molecule has 8 heteroatoms. The first-order chi connectivity index (χ1) is 14.1. The molecule has 2 aromatic carbocycles. The molecule has 0 unspecified atom stereocenters. The van der Waals surface area contributed by atoms with E-state index in [0.717, 1.165) is 4.68 Å². The highest BCUT2D eigenvalue weighted by Crippen LogP contribution is 2.29. The minimum Gasteiger partial charge on any atom is -0.497 e. The highest BCUT2D eigenvalue weighted by atomic mass is 16.5. The first-order valence-electron chi connectivity index (χ1n) is 8.71. The number of amides is 1. The van der Waals surface area contributed by atoms with Gasteiger partial charge in [0.05, 0.1) is 31.4 Å². The number of nitrogens with one attached hydrogen (secondary N) is 1. The second-order valence-corrected chi connectivity index (χ2v) is 6.11. The lowest BCUT2D eigenvalue weighted by Crippen LogP contribution is -2.35. The number of hydrogen-bond donors (Lipinski definition) is 1. The molecule has 0 aliphatic carbocycles. The number of nitrogens with zero attached hydrogens (tertiary/aromatic N) is 2. The zero-order valence-corrected chi connectivity index (χ0v) is 15.7. The van der Waals surface area contributed by atoms with Crippen LogP contribution in [0.3, 0.4) is 0 Å². The van der Waals surface area contributed by atoms with Crippen LogP contribution in [0.25, 0.3) is 22.3 Å². The van der Waals surface area contributed by atoms with Crippen LogP contribution in [0, 0.1) is 0 Å². The number of benzene rings is 2. The summed E-state index contributed by atoms with van der Waals surface area (Å²) < 4.78 is 16.9. The highest BCUT2D eigenvalue weighted by molar-refractivity contribution is 5.98. The number of para-hydroxylation sites is 1. The number of carbonyl (C=O) groups excluding carboxylic acids is 1. The third-order valence-electron chi connectivity index (χ3n) is 4.34. The lowest BCUT2D eigenvalue weighted by molar-refractivity contribution is 0.0981. The molecule has 1 N–H and O–H groups in total. The van der Waals surface area contributed by atoms with Gasteiger partial charge in [-0.2, -0.15) is 4.68 Å². The van der Waals surface area contributed by atoms with Crippen LogP contribution in [0.15, 0.2) is 70.1 Å². The molecule has 0 aliphatic heterocycles. The van der Waals surface area contributed by atoms with Gasteiger partial charge in [-0.25, -0.2) is 4.98 Å². The number of furan rings is 1. The summed E-state index contributed by atoms with van der Waals surface area (Å²) in [6.07, 6.45) is 1.38. The number of rotatable bonds is 5. The average molecular weight is 391 g/mol. The Hall–Kier alpha value is -4.07. The fourth-order valence-corrected chi connectivity index (χ4v) is 2.93. The summed E-state index contributed by atoms with van der Waals surface area (Å²) in [5.41, 5.74) is 3.18. The van der Waals surface area contributed by atoms with Gasteiger partial charge in [0.25, 0.3) is 5.56 Å². The van der Waals surface area contributed by atoms with Gasteiger partial charge in [-0.05, 0) is 36.4 Å². The molecule has 4 aromatic rings. The van der Waals surface area contributed by atoms with Crippen molar-refractivity contribution in [3.05, 3.63) is 77.0 Å². The zero-order valence-electron chi connectivity index (χ0n) is 15.7. The molecule has 0 bridgehead atoms. The van der Waals surface area contributed by atoms with Crippen molar-refractivity contribution in [2.24, 2.45) is 0 Å². The number of fused-ring (bicyclic) bond motifs is 1. The first-order valence-corrected chi connectivity index (χ1v) is 8.71. The van der Waals surface area contributed by atoms with Gasteiger partial charge in [-0.1, -0.05) is 12.1 Å². The highest BCUT2D eigenvalue weighted by Gasteiger charge is 2.18. The van der Waals surface area contributed by atoms with Gasteiger partial charge in [0.15, 0.2) is 11.6 Å². The molecule has 0 fully saturated rings. The standard InChI is InChI=1S/C21H17N3O5/c1-27-14-10-13(11-15(12-14)28-2)19-22-17-7-4-3-6-16(17)21(26)24(19)23-20(25)18-8-5-9-29-18/h3-12H,1-2H3,(H,23,25). The fourth-order valence-electron chi connectivity index (χ4n) is 2.93. The molecule has 1 amide bonds.